The van der Waals surface area contributed by atoms with Gasteiger partial charge in [0.05, 0.1) is 6.61 Å². The van der Waals surface area contributed by atoms with Crippen LogP contribution in [0.3, 0.4) is 0 Å². The van der Waals surface area contributed by atoms with Gasteiger partial charge in [-0.15, -0.1) is 11.3 Å². The molecule has 1 saturated heterocycles. The first-order chi connectivity index (χ1) is 14.1. The zero-order valence-corrected chi connectivity index (χ0v) is 18.1. The SMILES string of the molecule is O=S(=O)(c1csc2ccccc12)N1CCC(N2COCc3c(Cl)cccc32)CC1. The summed E-state index contributed by atoms with van der Waals surface area (Å²) in [5, 5.41) is 3.30. The molecule has 5 rings (SSSR count). The Morgan fingerprint density at radius 3 is 2.69 bits per heavy atom. The van der Waals surface area contributed by atoms with Crippen molar-refractivity contribution in [1.82, 2.24) is 4.31 Å². The minimum absolute atomic E-state index is 0.234. The summed E-state index contributed by atoms with van der Waals surface area (Å²) in [5.41, 5.74) is 2.12. The van der Waals surface area contributed by atoms with Gasteiger partial charge in [0.2, 0.25) is 10.0 Å². The van der Waals surface area contributed by atoms with Crippen molar-refractivity contribution >= 4 is 48.7 Å². The molecule has 1 fully saturated rings. The fourth-order valence-electron chi connectivity index (χ4n) is 4.26. The zero-order chi connectivity index (χ0) is 20.0. The van der Waals surface area contributed by atoms with Crippen LogP contribution in [0.2, 0.25) is 5.02 Å². The van der Waals surface area contributed by atoms with Crippen LogP contribution in [-0.4, -0.2) is 38.6 Å². The summed E-state index contributed by atoms with van der Waals surface area (Å²) in [6, 6.07) is 13.8. The Labute approximate surface area is 179 Å². The van der Waals surface area contributed by atoms with E-state index in [0.717, 1.165) is 39.2 Å². The van der Waals surface area contributed by atoms with Crippen molar-refractivity contribution in [2.75, 3.05) is 24.7 Å². The molecule has 0 N–H and O–H groups in total. The second-order valence-corrected chi connectivity index (χ2v) is 10.6. The number of hydrogen-bond acceptors (Lipinski definition) is 5. The molecule has 2 aliphatic heterocycles. The van der Waals surface area contributed by atoms with E-state index in [1.165, 1.54) is 11.3 Å². The number of piperidine rings is 1. The van der Waals surface area contributed by atoms with Crippen molar-refractivity contribution in [3.8, 4) is 0 Å². The van der Waals surface area contributed by atoms with Crippen LogP contribution in [0.15, 0.2) is 52.7 Å². The van der Waals surface area contributed by atoms with Gasteiger partial charge in [0, 0.05) is 50.9 Å². The third kappa shape index (κ3) is 3.35. The van der Waals surface area contributed by atoms with Crippen molar-refractivity contribution in [2.24, 2.45) is 0 Å². The monoisotopic (exact) mass is 448 g/mol. The minimum atomic E-state index is -3.49. The van der Waals surface area contributed by atoms with Crippen LogP contribution >= 0.6 is 22.9 Å². The molecule has 5 nitrogen and oxygen atoms in total. The molecule has 0 aliphatic carbocycles. The Morgan fingerprint density at radius 1 is 1.07 bits per heavy atom. The number of ether oxygens (including phenoxy) is 1. The summed E-state index contributed by atoms with van der Waals surface area (Å²) < 4.78 is 34.9. The van der Waals surface area contributed by atoms with Gasteiger partial charge >= 0.3 is 0 Å². The smallest absolute Gasteiger partial charge is 0.244 e. The van der Waals surface area contributed by atoms with E-state index in [9.17, 15) is 8.42 Å². The van der Waals surface area contributed by atoms with E-state index < -0.39 is 10.0 Å². The van der Waals surface area contributed by atoms with Gasteiger partial charge in [0.15, 0.2) is 0 Å². The van der Waals surface area contributed by atoms with Gasteiger partial charge in [-0.1, -0.05) is 35.9 Å². The maximum absolute atomic E-state index is 13.3. The Bertz CT molecular complexity index is 1150. The topological polar surface area (TPSA) is 49.9 Å². The molecule has 8 heteroatoms. The molecule has 0 unspecified atom stereocenters. The lowest BCUT2D eigenvalue weighted by molar-refractivity contribution is 0.0988. The number of anilines is 1. The van der Waals surface area contributed by atoms with E-state index in [2.05, 4.69) is 11.0 Å². The van der Waals surface area contributed by atoms with Crippen LogP contribution < -0.4 is 4.90 Å². The number of thiophene rings is 1. The third-order valence-corrected chi connectivity index (χ3v) is 9.21. The highest BCUT2D eigenvalue weighted by Gasteiger charge is 2.34. The normalized spacial score (nSPS) is 18.9. The van der Waals surface area contributed by atoms with Crippen molar-refractivity contribution in [1.29, 1.82) is 0 Å². The number of rotatable bonds is 3. The quantitative estimate of drug-likeness (QED) is 0.582. The number of halogens is 1. The molecule has 3 aromatic rings. The maximum Gasteiger partial charge on any atom is 0.244 e. The molecular weight excluding hydrogens is 428 g/mol. The van der Waals surface area contributed by atoms with E-state index >= 15 is 0 Å². The molecular formula is C21H21ClN2O3S2. The number of benzene rings is 2. The molecule has 0 bridgehead atoms. The third-order valence-electron chi connectivity index (χ3n) is 5.81. The molecule has 0 radical (unpaired) electrons. The fraction of sp³-hybridized carbons (Fsp3) is 0.333. The van der Waals surface area contributed by atoms with Gasteiger partial charge in [-0.2, -0.15) is 4.31 Å². The number of sulfonamides is 1. The van der Waals surface area contributed by atoms with E-state index in [1.54, 1.807) is 9.69 Å². The van der Waals surface area contributed by atoms with E-state index in [0.29, 0.717) is 31.3 Å². The molecule has 3 heterocycles. The predicted octanol–water partition coefficient (Wildman–Crippen LogP) is 4.70. The highest BCUT2D eigenvalue weighted by Crippen LogP contribution is 2.36. The highest BCUT2D eigenvalue weighted by molar-refractivity contribution is 7.89. The average molecular weight is 449 g/mol. The van der Waals surface area contributed by atoms with Gasteiger partial charge in [0.1, 0.15) is 11.6 Å². The Kier molecular flexibility index (Phi) is 5.04. The van der Waals surface area contributed by atoms with Crippen LogP contribution in [0.4, 0.5) is 5.69 Å². The molecule has 152 valence electrons. The lowest BCUT2D eigenvalue weighted by Crippen LogP contribution is -2.48. The summed E-state index contributed by atoms with van der Waals surface area (Å²) in [6.07, 6.45) is 1.52. The maximum atomic E-state index is 13.3. The van der Waals surface area contributed by atoms with Crippen molar-refractivity contribution < 1.29 is 13.2 Å². The van der Waals surface area contributed by atoms with E-state index in [4.69, 9.17) is 16.3 Å². The highest BCUT2D eigenvalue weighted by atomic mass is 35.5. The number of fused-ring (bicyclic) bond motifs is 2. The predicted molar refractivity (Wildman–Crippen MR) is 117 cm³/mol. The second-order valence-electron chi connectivity index (χ2n) is 7.42. The second kappa shape index (κ2) is 7.56. The minimum Gasteiger partial charge on any atom is -0.356 e. The molecule has 29 heavy (non-hydrogen) atoms. The summed E-state index contributed by atoms with van der Waals surface area (Å²) in [5.74, 6) is 0. The first-order valence-corrected chi connectivity index (χ1v) is 12.3. The van der Waals surface area contributed by atoms with Crippen LogP contribution in [0.5, 0.6) is 0 Å². The van der Waals surface area contributed by atoms with E-state index in [1.807, 2.05) is 36.4 Å². The summed E-state index contributed by atoms with van der Waals surface area (Å²) >= 11 is 7.82. The summed E-state index contributed by atoms with van der Waals surface area (Å²) in [6.45, 7) is 2.04. The number of hydrogen-bond donors (Lipinski definition) is 0. The molecule has 1 aromatic heterocycles. The lowest BCUT2D eigenvalue weighted by Gasteiger charge is -2.41. The number of nitrogens with zero attached hydrogens (tertiary/aromatic N) is 2. The van der Waals surface area contributed by atoms with Gasteiger partial charge in [-0.3, -0.25) is 0 Å². The molecule has 0 amide bonds. The molecule has 2 aliphatic rings. The van der Waals surface area contributed by atoms with Gasteiger partial charge < -0.3 is 9.64 Å². The molecule has 0 spiro atoms. The summed E-state index contributed by atoms with van der Waals surface area (Å²) in [4.78, 5) is 2.66. The first kappa shape index (κ1) is 19.3. The largest absolute Gasteiger partial charge is 0.356 e. The van der Waals surface area contributed by atoms with Crippen LogP contribution in [-0.2, 0) is 21.4 Å². The fourth-order valence-corrected chi connectivity index (χ4v) is 7.43. The van der Waals surface area contributed by atoms with Crippen molar-refractivity contribution in [3.63, 3.8) is 0 Å². The lowest BCUT2D eigenvalue weighted by atomic mass is 10.0. The van der Waals surface area contributed by atoms with Crippen molar-refractivity contribution in [2.45, 2.75) is 30.4 Å². The molecule has 0 saturated carbocycles. The first-order valence-electron chi connectivity index (χ1n) is 9.64. The molecule has 0 atom stereocenters. The van der Waals surface area contributed by atoms with Gasteiger partial charge in [-0.25, -0.2) is 8.42 Å². The summed E-state index contributed by atoms with van der Waals surface area (Å²) in [7, 11) is -3.49. The Morgan fingerprint density at radius 2 is 1.86 bits per heavy atom. The zero-order valence-electron chi connectivity index (χ0n) is 15.8. The Hall–Kier alpha value is -1.64. The van der Waals surface area contributed by atoms with Crippen LogP contribution in [0, 0.1) is 0 Å². The van der Waals surface area contributed by atoms with Gasteiger partial charge in [0.25, 0.3) is 0 Å². The van der Waals surface area contributed by atoms with Crippen LogP contribution in [0.25, 0.3) is 10.1 Å². The molecule has 2 aromatic carbocycles. The Balaban J connectivity index is 1.36. The average Bonchev–Trinajstić information content (AvgIpc) is 3.19. The van der Waals surface area contributed by atoms with Crippen LogP contribution in [0.1, 0.15) is 18.4 Å². The van der Waals surface area contributed by atoms with Gasteiger partial charge in [-0.05, 0) is 31.0 Å². The van der Waals surface area contributed by atoms with E-state index in [-0.39, 0.29) is 6.04 Å². The standard InChI is InChI=1S/C21H21ClN2O3S2/c22-18-5-3-6-19-17(18)12-27-14-24(19)15-8-10-23(11-9-15)29(25,26)21-13-28-20-7-2-1-4-16(20)21/h1-7,13,15H,8-12,14H2. The van der Waals surface area contributed by atoms with Crippen molar-refractivity contribution in [3.05, 3.63) is 58.4 Å².